The molecule has 6 nitrogen and oxygen atoms in total. The summed E-state index contributed by atoms with van der Waals surface area (Å²) in [6.07, 6.45) is 1.09. The van der Waals surface area contributed by atoms with E-state index in [1.165, 1.54) is 14.0 Å². The minimum Gasteiger partial charge on any atom is -0.459 e. The van der Waals surface area contributed by atoms with Crippen LogP contribution in [0.15, 0.2) is 0 Å². The molecular weight excluding hydrogens is 284 g/mol. The summed E-state index contributed by atoms with van der Waals surface area (Å²) in [4.78, 5) is 24.3. The zero-order chi connectivity index (χ0) is 17.8. The first-order chi connectivity index (χ1) is 9.81. The topological polar surface area (TPSA) is 102 Å². The van der Waals surface area contributed by atoms with Crippen molar-refractivity contribution in [2.75, 3.05) is 7.11 Å². The van der Waals surface area contributed by atoms with Crippen LogP contribution in [0.1, 0.15) is 60.8 Å². The van der Waals surface area contributed by atoms with Gasteiger partial charge in [-0.1, -0.05) is 0 Å². The SMILES string of the molecule is COC(C)(C)C(C)(C(=O)CCCC(=N)N)C(C)(C)OC(C)=O. The predicted molar refractivity (Wildman–Crippen MR) is 85.8 cm³/mol. The van der Waals surface area contributed by atoms with E-state index in [2.05, 4.69) is 0 Å². The van der Waals surface area contributed by atoms with Gasteiger partial charge in [0.25, 0.3) is 0 Å². The second kappa shape index (κ2) is 7.22. The van der Waals surface area contributed by atoms with Crippen molar-refractivity contribution >= 4 is 17.6 Å². The molecule has 0 fully saturated rings. The molecule has 0 bridgehead atoms. The standard InChI is InChI=1S/C16H30N2O4/c1-11(19)22-15(4,5)16(6,14(2,3)21-7)12(20)9-8-10-13(17)18/h8-10H2,1-7H3,(H3,17,18). The number of methoxy groups -OCH3 is 1. The number of nitrogens with two attached hydrogens (primary N) is 1. The Labute approximate surface area is 133 Å². The summed E-state index contributed by atoms with van der Waals surface area (Å²) in [5, 5.41) is 7.24. The quantitative estimate of drug-likeness (QED) is 0.386. The summed E-state index contributed by atoms with van der Waals surface area (Å²) >= 11 is 0. The Bertz CT molecular complexity index is 443. The number of ether oxygens (including phenoxy) is 2. The lowest BCUT2D eigenvalue weighted by atomic mass is 9.61. The maximum Gasteiger partial charge on any atom is 0.303 e. The minimum atomic E-state index is -1.04. The van der Waals surface area contributed by atoms with Gasteiger partial charge in [-0.05, 0) is 41.0 Å². The second-order valence-electron chi connectivity index (χ2n) is 6.75. The number of carbonyl (C=O) groups is 2. The Morgan fingerprint density at radius 1 is 1.05 bits per heavy atom. The molecule has 0 spiro atoms. The van der Waals surface area contributed by atoms with Crippen LogP contribution >= 0.6 is 0 Å². The molecule has 0 aromatic carbocycles. The Morgan fingerprint density at radius 2 is 1.55 bits per heavy atom. The normalized spacial score (nSPS) is 15.0. The van der Waals surface area contributed by atoms with Crippen molar-refractivity contribution in [2.45, 2.75) is 72.0 Å². The molecule has 128 valence electrons. The molecule has 0 aliphatic heterocycles. The Kier molecular flexibility index (Phi) is 6.75. The Morgan fingerprint density at radius 3 is 1.91 bits per heavy atom. The van der Waals surface area contributed by atoms with Crippen LogP contribution in [-0.4, -0.2) is 35.9 Å². The number of rotatable bonds is 9. The van der Waals surface area contributed by atoms with Crippen molar-refractivity contribution in [3.8, 4) is 0 Å². The fraction of sp³-hybridized carbons (Fsp3) is 0.812. The van der Waals surface area contributed by atoms with Crippen LogP contribution in [0.4, 0.5) is 0 Å². The number of ketones is 1. The fourth-order valence-electron chi connectivity index (χ4n) is 2.75. The van der Waals surface area contributed by atoms with Gasteiger partial charge in [0.15, 0.2) is 0 Å². The molecule has 0 rings (SSSR count). The smallest absolute Gasteiger partial charge is 0.303 e. The van der Waals surface area contributed by atoms with Gasteiger partial charge in [-0.3, -0.25) is 15.0 Å². The molecular formula is C16H30N2O4. The van der Waals surface area contributed by atoms with Crippen molar-refractivity contribution in [2.24, 2.45) is 11.1 Å². The first kappa shape index (κ1) is 20.6. The van der Waals surface area contributed by atoms with Crippen LogP contribution in [0, 0.1) is 10.8 Å². The van der Waals surface area contributed by atoms with Crippen LogP contribution in [0.5, 0.6) is 0 Å². The summed E-state index contributed by atoms with van der Waals surface area (Å²) in [5.74, 6) is -0.466. The molecule has 0 saturated heterocycles. The lowest BCUT2D eigenvalue weighted by Gasteiger charge is -2.50. The van der Waals surface area contributed by atoms with Crippen molar-refractivity contribution < 1.29 is 19.1 Å². The maximum absolute atomic E-state index is 12.9. The van der Waals surface area contributed by atoms with Gasteiger partial charge in [-0.15, -0.1) is 0 Å². The largest absolute Gasteiger partial charge is 0.459 e. The van der Waals surface area contributed by atoms with E-state index >= 15 is 0 Å². The van der Waals surface area contributed by atoms with E-state index in [4.69, 9.17) is 20.6 Å². The van der Waals surface area contributed by atoms with E-state index in [9.17, 15) is 9.59 Å². The number of hydrogen-bond acceptors (Lipinski definition) is 5. The number of carbonyl (C=O) groups excluding carboxylic acids is 2. The van der Waals surface area contributed by atoms with Gasteiger partial charge in [0, 0.05) is 26.9 Å². The van der Waals surface area contributed by atoms with Crippen molar-refractivity contribution in [3.05, 3.63) is 0 Å². The average Bonchev–Trinajstić information content (AvgIpc) is 2.35. The maximum atomic E-state index is 12.9. The van der Waals surface area contributed by atoms with Crippen LogP contribution in [-0.2, 0) is 19.1 Å². The third kappa shape index (κ3) is 4.29. The Balaban J connectivity index is 5.58. The highest BCUT2D eigenvalue weighted by atomic mass is 16.6. The Hall–Kier alpha value is -1.43. The lowest BCUT2D eigenvalue weighted by Crippen LogP contribution is -2.61. The van der Waals surface area contributed by atoms with Crippen molar-refractivity contribution in [1.29, 1.82) is 5.41 Å². The summed E-state index contributed by atoms with van der Waals surface area (Å²) in [7, 11) is 1.53. The number of amidine groups is 1. The lowest BCUT2D eigenvalue weighted by molar-refractivity contribution is -0.201. The summed E-state index contributed by atoms with van der Waals surface area (Å²) in [6, 6.07) is 0. The molecule has 0 saturated carbocycles. The molecule has 6 heteroatoms. The van der Waals surface area contributed by atoms with Crippen molar-refractivity contribution in [3.63, 3.8) is 0 Å². The average molecular weight is 314 g/mol. The molecule has 0 radical (unpaired) electrons. The van der Waals surface area contributed by atoms with Gasteiger partial charge in [-0.2, -0.15) is 0 Å². The molecule has 0 aliphatic carbocycles. The van der Waals surface area contributed by atoms with Crippen LogP contribution in [0.25, 0.3) is 0 Å². The van der Waals surface area contributed by atoms with E-state index in [0.29, 0.717) is 12.8 Å². The van der Waals surface area contributed by atoms with Gasteiger partial charge in [0.05, 0.1) is 16.9 Å². The van der Waals surface area contributed by atoms with Crippen molar-refractivity contribution in [1.82, 2.24) is 0 Å². The summed E-state index contributed by atoms with van der Waals surface area (Å²) in [5.41, 5.74) is 2.41. The van der Waals surface area contributed by atoms with Crippen LogP contribution < -0.4 is 5.73 Å². The number of nitrogens with one attached hydrogen (secondary N) is 1. The number of Topliss-reactive ketones (excluding diaryl/α,β-unsaturated/α-hetero) is 1. The van der Waals surface area contributed by atoms with E-state index in [0.717, 1.165) is 0 Å². The molecule has 1 atom stereocenters. The first-order valence-electron chi connectivity index (χ1n) is 7.42. The predicted octanol–water partition coefficient (Wildman–Crippen LogP) is 2.43. The summed E-state index contributed by atoms with van der Waals surface area (Å²) < 4.78 is 11.0. The third-order valence-corrected chi connectivity index (χ3v) is 4.73. The van der Waals surface area contributed by atoms with Gasteiger partial charge < -0.3 is 15.2 Å². The minimum absolute atomic E-state index is 0.0553. The van der Waals surface area contributed by atoms with E-state index in [-0.39, 0.29) is 18.0 Å². The molecule has 0 aromatic rings. The molecule has 0 heterocycles. The van der Waals surface area contributed by atoms with E-state index in [1.54, 1.807) is 34.6 Å². The molecule has 3 N–H and O–H groups in total. The molecule has 0 aliphatic rings. The molecule has 1 unspecified atom stereocenters. The number of esters is 1. The summed E-state index contributed by atoms with van der Waals surface area (Å²) in [6.45, 7) is 10.1. The van der Waals surface area contributed by atoms with Crippen LogP contribution in [0.2, 0.25) is 0 Å². The first-order valence-corrected chi connectivity index (χ1v) is 7.42. The van der Waals surface area contributed by atoms with Gasteiger partial charge in [0.2, 0.25) is 0 Å². The zero-order valence-electron chi connectivity index (χ0n) is 14.8. The molecule has 0 aromatic heterocycles. The van der Waals surface area contributed by atoms with E-state index < -0.39 is 22.6 Å². The van der Waals surface area contributed by atoms with Crippen LogP contribution in [0.3, 0.4) is 0 Å². The van der Waals surface area contributed by atoms with Gasteiger partial charge >= 0.3 is 5.97 Å². The van der Waals surface area contributed by atoms with E-state index in [1.807, 2.05) is 0 Å². The fourth-order valence-corrected chi connectivity index (χ4v) is 2.75. The highest BCUT2D eigenvalue weighted by molar-refractivity contribution is 5.88. The number of hydrogen-bond donors (Lipinski definition) is 2. The van der Waals surface area contributed by atoms with Gasteiger partial charge in [0.1, 0.15) is 11.4 Å². The highest BCUT2D eigenvalue weighted by Gasteiger charge is 2.58. The monoisotopic (exact) mass is 314 g/mol. The second-order valence-corrected chi connectivity index (χ2v) is 6.75. The highest BCUT2D eigenvalue weighted by Crippen LogP contribution is 2.47. The molecule has 22 heavy (non-hydrogen) atoms. The van der Waals surface area contributed by atoms with Gasteiger partial charge in [-0.25, -0.2) is 0 Å². The zero-order valence-corrected chi connectivity index (χ0v) is 14.8. The molecule has 0 amide bonds. The third-order valence-electron chi connectivity index (χ3n) is 4.73.